The Kier molecular flexibility index (Phi) is 7.00. The number of hydrogen-bond donors (Lipinski definition) is 2. The summed E-state index contributed by atoms with van der Waals surface area (Å²) in [6.07, 6.45) is 2.48. The van der Waals surface area contributed by atoms with Gasteiger partial charge in [-0.2, -0.15) is 0 Å². The van der Waals surface area contributed by atoms with Gasteiger partial charge in [0.25, 0.3) is 0 Å². The normalized spacial score (nSPS) is 14.0. The van der Waals surface area contributed by atoms with E-state index >= 15 is 0 Å². The van der Waals surface area contributed by atoms with Crippen molar-refractivity contribution in [2.75, 3.05) is 25.1 Å². The molecule has 5 heteroatoms. The van der Waals surface area contributed by atoms with E-state index in [1.807, 2.05) is 12.1 Å². The summed E-state index contributed by atoms with van der Waals surface area (Å²) in [6.45, 7) is 9.96. The number of hydrogen-bond acceptors (Lipinski definition) is 3. The summed E-state index contributed by atoms with van der Waals surface area (Å²) in [6, 6.07) is 5.99. The Morgan fingerprint density at radius 1 is 1.12 bits per heavy atom. The minimum absolute atomic E-state index is 0.257. The number of carbonyl (C=O) groups is 2. The fourth-order valence-corrected chi connectivity index (χ4v) is 2.56. The number of rotatable bonds is 8. The van der Waals surface area contributed by atoms with Gasteiger partial charge in [0.05, 0.1) is 6.61 Å². The maximum absolute atomic E-state index is 12.1. The predicted octanol–water partition coefficient (Wildman–Crippen LogP) is 3.41. The Bertz CT molecular complexity index is 607. The summed E-state index contributed by atoms with van der Waals surface area (Å²) >= 11 is 0. The fraction of sp³-hybridized carbons (Fsp3) is 0.600. The molecule has 0 radical (unpaired) electrons. The maximum atomic E-state index is 12.1. The smallest absolute Gasteiger partial charge is 0.313 e. The van der Waals surface area contributed by atoms with Crippen LogP contribution in [0.4, 0.5) is 5.69 Å². The lowest BCUT2D eigenvalue weighted by molar-refractivity contribution is -0.136. The zero-order valence-corrected chi connectivity index (χ0v) is 15.7. The highest BCUT2D eigenvalue weighted by Gasteiger charge is 2.21. The second-order valence-electron chi connectivity index (χ2n) is 7.38. The van der Waals surface area contributed by atoms with Crippen molar-refractivity contribution in [1.29, 1.82) is 0 Å². The molecule has 2 amide bonds. The standard InChI is InChI=1S/C20H30N2O3/c1-13(2)16-7-8-18(17(11-16)14(3)4)22-20(24)19(23)21-9-10-25-12-15-5-6-15/h7-8,11,13-15H,5-6,9-10,12H2,1-4H3,(H,21,23)(H,22,24). The molecule has 2 N–H and O–H groups in total. The molecule has 1 fully saturated rings. The van der Waals surface area contributed by atoms with Gasteiger partial charge in [0.15, 0.2) is 0 Å². The van der Waals surface area contributed by atoms with Crippen LogP contribution >= 0.6 is 0 Å². The quantitative estimate of drug-likeness (QED) is 0.560. The lowest BCUT2D eigenvalue weighted by Crippen LogP contribution is -2.37. The van der Waals surface area contributed by atoms with E-state index in [0.717, 1.165) is 12.2 Å². The van der Waals surface area contributed by atoms with Crippen molar-refractivity contribution in [2.24, 2.45) is 5.92 Å². The molecule has 0 saturated heterocycles. The fourth-order valence-electron chi connectivity index (χ4n) is 2.56. The third-order valence-corrected chi connectivity index (χ3v) is 4.40. The van der Waals surface area contributed by atoms with Crippen molar-refractivity contribution in [3.8, 4) is 0 Å². The molecule has 0 atom stereocenters. The molecule has 2 rings (SSSR count). The van der Waals surface area contributed by atoms with E-state index in [1.54, 1.807) is 0 Å². The van der Waals surface area contributed by atoms with Gasteiger partial charge in [0.1, 0.15) is 0 Å². The first-order chi connectivity index (χ1) is 11.9. The first-order valence-electron chi connectivity index (χ1n) is 9.19. The van der Waals surface area contributed by atoms with Crippen LogP contribution in [0.5, 0.6) is 0 Å². The van der Waals surface area contributed by atoms with E-state index in [1.165, 1.54) is 18.4 Å². The third-order valence-electron chi connectivity index (χ3n) is 4.40. The molecule has 138 valence electrons. The van der Waals surface area contributed by atoms with E-state index in [-0.39, 0.29) is 5.92 Å². The Balaban J connectivity index is 1.86. The molecule has 1 aromatic rings. The molecule has 25 heavy (non-hydrogen) atoms. The summed E-state index contributed by atoms with van der Waals surface area (Å²) in [4.78, 5) is 24.1. The van der Waals surface area contributed by atoms with Gasteiger partial charge in [-0.3, -0.25) is 9.59 Å². The number of nitrogens with one attached hydrogen (secondary N) is 2. The van der Waals surface area contributed by atoms with Crippen molar-refractivity contribution in [2.45, 2.75) is 52.4 Å². The molecule has 0 aliphatic heterocycles. The van der Waals surface area contributed by atoms with Crippen LogP contribution in [-0.4, -0.2) is 31.6 Å². The van der Waals surface area contributed by atoms with Gasteiger partial charge < -0.3 is 15.4 Å². The van der Waals surface area contributed by atoms with Crippen LogP contribution in [0.25, 0.3) is 0 Å². The monoisotopic (exact) mass is 346 g/mol. The largest absolute Gasteiger partial charge is 0.379 e. The topological polar surface area (TPSA) is 67.4 Å². The summed E-state index contributed by atoms with van der Waals surface area (Å²) in [5, 5.41) is 5.33. The highest BCUT2D eigenvalue weighted by atomic mass is 16.5. The van der Waals surface area contributed by atoms with Crippen molar-refractivity contribution in [1.82, 2.24) is 5.32 Å². The van der Waals surface area contributed by atoms with Gasteiger partial charge in [-0.05, 0) is 47.8 Å². The Morgan fingerprint density at radius 3 is 2.44 bits per heavy atom. The summed E-state index contributed by atoms with van der Waals surface area (Å²) in [7, 11) is 0. The van der Waals surface area contributed by atoms with Gasteiger partial charge in [-0.1, -0.05) is 39.8 Å². The van der Waals surface area contributed by atoms with Crippen molar-refractivity contribution in [3.05, 3.63) is 29.3 Å². The number of benzene rings is 1. The Morgan fingerprint density at radius 2 is 1.84 bits per heavy atom. The summed E-state index contributed by atoms with van der Waals surface area (Å²) in [5.41, 5.74) is 2.96. The van der Waals surface area contributed by atoms with Crippen LogP contribution in [0.2, 0.25) is 0 Å². The lowest BCUT2D eigenvalue weighted by Gasteiger charge is -2.17. The van der Waals surface area contributed by atoms with Gasteiger partial charge in [-0.15, -0.1) is 0 Å². The molecule has 1 aliphatic carbocycles. The molecular formula is C20H30N2O3. The van der Waals surface area contributed by atoms with Gasteiger partial charge in [0.2, 0.25) is 0 Å². The number of ether oxygens (including phenoxy) is 1. The molecule has 0 heterocycles. The number of anilines is 1. The Hall–Kier alpha value is -1.88. The number of carbonyl (C=O) groups excluding carboxylic acids is 2. The summed E-state index contributed by atoms with van der Waals surface area (Å²) < 4.78 is 5.45. The minimum Gasteiger partial charge on any atom is -0.379 e. The van der Waals surface area contributed by atoms with E-state index in [0.29, 0.717) is 30.7 Å². The molecule has 0 unspecified atom stereocenters. The van der Waals surface area contributed by atoms with Crippen LogP contribution in [0, 0.1) is 5.92 Å². The van der Waals surface area contributed by atoms with E-state index in [9.17, 15) is 9.59 Å². The van der Waals surface area contributed by atoms with Crippen LogP contribution in [0.15, 0.2) is 18.2 Å². The van der Waals surface area contributed by atoms with Crippen LogP contribution < -0.4 is 10.6 Å². The predicted molar refractivity (Wildman–Crippen MR) is 99.8 cm³/mol. The van der Waals surface area contributed by atoms with E-state index in [4.69, 9.17) is 4.74 Å². The minimum atomic E-state index is -0.638. The van der Waals surface area contributed by atoms with Gasteiger partial charge in [-0.25, -0.2) is 0 Å². The Labute approximate surface area is 150 Å². The molecule has 1 aromatic carbocycles. The summed E-state index contributed by atoms with van der Waals surface area (Å²) in [5.74, 6) is 0.107. The zero-order valence-electron chi connectivity index (χ0n) is 15.7. The van der Waals surface area contributed by atoms with E-state index in [2.05, 4.69) is 44.4 Å². The van der Waals surface area contributed by atoms with Crippen molar-refractivity contribution in [3.63, 3.8) is 0 Å². The van der Waals surface area contributed by atoms with Crippen molar-refractivity contribution >= 4 is 17.5 Å². The number of amides is 2. The second-order valence-corrected chi connectivity index (χ2v) is 7.38. The average molecular weight is 346 g/mol. The lowest BCUT2D eigenvalue weighted by atomic mass is 9.94. The zero-order chi connectivity index (χ0) is 18.4. The second kappa shape index (κ2) is 8.99. The SMILES string of the molecule is CC(C)c1ccc(NC(=O)C(=O)NCCOCC2CC2)c(C(C)C)c1. The first-order valence-corrected chi connectivity index (χ1v) is 9.19. The van der Waals surface area contributed by atoms with Gasteiger partial charge in [0, 0.05) is 18.8 Å². The molecule has 1 saturated carbocycles. The maximum Gasteiger partial charge on any atom is 0.313 e. The highest BCUT2D eigenvalue weighted by molar-refractivity contribution is 6.39. The molecule has 1 aliphatic rings. The molecule has 0 bridgehead atoms. The van der Waals surface area contributed by atoms with Crippen molar-refractivity contribution < 1.29 is 14.3 Å². The molecule has 0 spiro atoms. The van der Waals surface area contributed by atoms with E-state index < -0.39 is 11.8 Å². The highest BCUT2D eigenvalue weighted by Crippen LogP contribution is 2.29. The molecule has 5 nitrogen and oxygen atoms in total. The molecule has 0 aromatic heterocycles. The van der Waals surface area contributed by atoms with Crippen LogP contribution in [-0.2, 0) is 14.3 Å². The first kappa shape index (κ1) is 19.4. The average Bonchev–Trinajstić information content (AvgIpc) is 3.38. The van der Waals surface area contributed by atoms with Crippen LogP contribution in [0.3, 0.4) is 0 Å². The van der Waals surface area contributed by atoms with Crippen LogP contribution in [0.1, 0.15) is 63.5 Å². The third kappa shape index (κ3) is 6.16. The van der Waals surface area contributed by atoms with Gasteiger partial charge >= 0.3 is 11.8 Å². The molecular weight excluding hydrogens is 316 g/mol.